The van der Waals surface area contributed by atoms with Crippen molar-refractivity contribution in [2.24, 2.45) is 0 Å². The molecule has 2 heterocycles. The third-order valence-corrected chi connectivity index (χ3v) is 2.37. The van der Waals surface area contributed by atoms with E-state index in [9.17, 15) is 0 Å². The summed E-state index contributed by atoms with van der Waals surface area (Å²) in [7, 11) is 0. The van der Waals surface area contributed by atoms with Crippen molar-refractivity contribution in [2.45, 2.75) is 12.6 Å². The van der Waals surface area contributed by atoms with E-state index in [0.29, 0.717) is 6.04 Å². The number of aromatic nitrogens is 1. The molecule has 0 saturated carbocycles. The van der Waals surface area contributed by atoms with Crippen molar-refractivity contribution < 1.29 is 4.74 Å². The van der Waals surface area contributed by atoms with Crippen LogP contribution >= 0.6 is 0 Å². The van der Waals surface area contributed by atoms with Gasteiger partial charge in [0.05, 0.1) is 13.2 Å². The number of hydrogen-bond acceptors (Lipinski definition) is 3. The van der Waals surface area contributed by atoms with Gasteiger partial charge in [0, 0.05) is 37.6 Å². The predicted molar refractivity (Wildman–Crippen MR) is 55.1 cm³/mol. The Morgan fingerprint density at radius 1 is 1.57 bits per heavy atom. The lowest BCUT2D eigenvalue weighted by molar-refractivity contribution is 0.0766. The summed E-state index contributed by atoms with van der Waals surface area (Å²) in [6.07, 6.45) is 1.94. The molecular formula is C10H17N3O. The van der Waals surface area contributed by atoms with Gasteiger partial charge in [0.1, 0.15) is 0 Å². The summed E-state index contributed by atoms with van der Waals surface area (Å²) in [6, 6.07) is 4.55. The summed E-state index contributed by atoms with van der Waals surface area (Å²) in [5.41, 5.74) is 1.22. The highest BCUT2D eigenvalue weighted by Gasteiger charge is 2.11. The zero-order valence-corrected chi connectivity index (χ0v) is 8.25. The van der Waals surface area contributed by atoms with Gasteiger partial charge in [-0.3, -0.25) is 0 Å². The summed E-state index contributed by atoms with van der Waals surface area (Å²) in [5, 5.41) is 6.79. The molecular weight excluding hydrogens is 178 g/mol. The number of H-pyrrole nitrogens is 1. The van der Waals surface area contributed by atoms with Crippen LogP contribution in [-0.2, 0) is 11.3 Å². The number of nitrogens with one attached hydrogen (secondary N) is 3. The molecule has 1 aromatic heterocycles. The molecule has 1 atom stereocenters. The fourth-order valence-corrected chi connectivity index (χ4v) is 1.61. The molecule has 1 unspecified atom stereocenters. The van der Waals surface area contributed by atoms with Gasteiger partial charge in [-0.2, -0.15) is 0 Å². The third-order valence-electron chi connectivity index (χ3n) is 2.37. The molecule has 1 aliphatic rings. The summed E-state index contributed by atoms with van der Waals surface area (Å²) >= 11 is 0. The van der Waals surface area contributed by atoms with Crippen molar-refractivity contribution in [1.82, 2.24) is 15.6 Å². The number of morpholine rings is 1. The Morgan fingerprint density at radius 2 is 2.57 bits per heavy atom. The van der Waals surface area contributed by atoms with Gasteiger partial charge in [0.2, 0.25) is 0 Å². The maximum absolute atomic E-state index is 5.36. The van der Waals surface area contributed by atoms with Crippen LogP contribution in [-0.4, -0.2) is 37.3 Å². The van der Waals surface area contributed by atoms with Crippen molar-refractivity contribution in [3.8, 4) is 0 Å². The number of rotatable bonds is 4. The molecule has 0 radical (unpaired) electrons. The third kappa shape index (κ3) is 2.83. The van der Waals surface area contributed by atoms with E-state index in [2.05, 4.69) is 21.7 Å². The number of hydrogen-bond donors (Lipinski definition) is 3. The Hall–Kier alpha value is -0.840. The van der Waals surface area contributed by atoms with Gasteiger partial charge in [-0.25, -0.2) is 0 Å². The van der Waals surface area contributed by atoms with Gasteiger partial charge >= 0.3 is 0 Å². The van der Waals surface area contributed by atoms with Crippen LogP contribution in [0, 0.1) is 0 Å². The van der Waals surface area contributed by atoms with Crippen molar-refractivity contribution in [2.75, 3.05) is 26.3 Å². The molecule has 1 aliphatic heterocycles. The van der Waals surface area contributed by atoms with Crippen LogP contribution in [0.2, 0.25) is 0 Å². The van der Waals surface area contributed by atoms with Crippen LogP contribution in [0.4, 0.5) is 0 Å². The Morgan fingerprint density at radius 3 is 3.29 bits per heavy atom. The minimum absolute atomic E-state index is 0.457. The molecule has 0 bridgehead atoms. The molecule has 1 aromatic rings. The van der Waals surface area contributed by atoms with E-state index >= 15 is 0 Å². The minimum atomic E-state index is 0.457. The van der Waals surface area contributed by atoms with Gasteiger partial charge in [-0.1, -0.05) is 0 Å². The molecule has 0 aliphatic carbocycles. The van der Waals surface area contributed by atoms with Crippen LogP contribution in [0.5, 0.6) is 0 Å². The van der Waals surface area contributed by atoms with E-state index in [-0.39, 0.29) is 0 Å². The molecule has 78 valence electrons. The summed E-state index contributed by atoms with van der Waals surface area (Å²) in [4.78, 5) is 3.16. The van der Waals surface area contributed by atoms with Crippen molar-refractivity contribution in [3.63, 3.8) is 0 Å². The largest absolute Gasteiger partial charge is 0.378 e. The van der Waals surface area contributed by atoms with Crippen molar-refractivity contribution in [1.29, 1.82) is 0 Å². The topological polar surface area (TPSA) is 49.1 Å². The fraction of sp³-hybridized carbons (Fsp3) is 0.600. The van der Waals surface area contributed by atoms with Crippen molar-refractivity contribution >= 4 is 0 Å². The maximum atomic E-state index is 5.36. The molecule has 0 aromatic carbocycles. The highest BCUT2D eigenvalue weighted by atomic mass is 16.5. The standard InChI is InChI=1S/C10H17N3O/c1-2-9(12-3-1)6-11-7-10-8-14-5-4-13-10/h1-3,10-13H,4-8H2. The Balaban J connectivity index is 1.62. The summed E-state index contributed by atoms with van der Waals surface area (Å²) in [6.45, 7) is 4.48. The lowest BCUT2D eigenvalue weighted by atomic mass is 10.3. The van der Waals surface area contributed by atoms with Crippen LogP contribution in [0.3, 0.4) is 0 Å². The zero-order chi connectivity index (χ0) is 9.64. The Bertz CT molecular complexity index is 242. The Labute approximate surface area is 84.0 Å². The number of aromatic amines is 1. The van der Waals surface area contributed by atoms with E-state index in [1.165, 1.54) is 5.69 Å². The van der Waals surface area contributed by atoms with Crippen molar-refractivity contribution in [3.05, 3.63) is 24.0 Å². The quantitative estimate of drug-likeness (QED) is 0.638. The van der Waals surface area contributed by atoms with Crippen LogP contribution in [0.1, 0.15) is 5.69 Å². The van der Waals surface area contributed by atoms with Gasteiger partial charge < -0.3 is 20.4 Å². The highest BCUT2D eigenvalue weighted by molar-refractivity contribution is 5.02. The zero-order valence-electron chi connectivity index (χ0n) is 8.25. The average molecular weight is 195 g/mol. The fourth-order valence-electron chi connectivity index (χ4n) is 1.61. The first-order chi connectivity index (χ1) is 6.95. The van der Waals surface area contributed by atoms with E-state index in [1.54, 1.807) is 0 Å². The van der Waals surface area contributed by atoms with Gasteiger partial charge in [-0.05, 0) is 12.1 Å². The second-order valence-corrected chi connectivity index (χ2v) is 3.55. The average Bonchev–Trinajstić information content (AvgIpc) is 2.72. The van der Waals surface area contributed by atoms with Gasteiger partial charge in [0.15, 0.2) is 0 Å². The molecule has 2 rings (SSSR count). The summed E-state index contributed by atoms with van der Waals surface area (Å²) < 4.78 is 5.36. The normalized spacial score (nSPS) is 22.4. The first kappa shape index (κ1) is 9.71. The predicted octanol–water partition coefficient (Wildman–Crippen LogP) is 0.0927. The summed E-state index contributed by atoms with van der Waals surface area (Å²) in [5.74, 6) is 0. The van der Waals surface area contributed by atoms with Crippen LogP contribution in [0.15, 0.2) is 18.3 Å². The Kier molecular flexibility index (Phi) is 3.57. The molecule has 1 saturated heterocycles. The van der Waals surface area contributed by atoms with Gasteiger partial charge in [0.25, 0.3) is 0 Å². The van der Waals surface area contributed by atoms with Crippen LogP contribution < -0.4 is 10.6 Å². The first-order valence-electron chi connectivity index (χ1n) is 5.09. The molecule has 4 nitrogen and oxygen atoms in total. The minimum Gasteiger partial charge on any atom is -0.378 e. The van der Waals surface area contributed by atoms with E-state index in [1.807, 2.05) is 12.3 Å². The molecule has 0 spiro atoms. The second kappa shape index (κ2) is 5.14. The monoisotopic (exact) mass is 195 g/mol. The smallest absolute Gasteiger partial charge is 0.0632 e. The highest BCUT2D eigenvalue weighted by Crippen LogP contribution is 1.94. The number of ether oxygens (including phenoxy) is 1. The molecule has 14 heavy (non-hydrogen) atoms. The van der Waals surface area contributed by atoms with Crippen LogP contribution in [0.25, 0.3) is 0 Å². The molecule has 4 heteroatoms. The maximum Gasteiger partial charge on any atom is 0.0632 e. The van der Waals surface area contributed by atoms with E-state index in [0.717, 1.165) is 32.8 Å². The SMILES string of the molecule is c1c[nH]c(CNCC2COCCN2)c1. The molecule has 3 N–H and O–H groups in total. The lowest BCUT2D eigenvalue weighted by Crippen LogP contribution is -2.47. The van der Waals surface area contributed by atoms with E-state index in [4.69, 9.17) is 4.74 Å². The van der Waals surface area contributed by atoms with Gasteiger partial charge in [-0.15, -0.1) is 0 Å². The molecule has 1 fully saturated rings. The molecule has 0 amide bonds. The van der Waals surface area contributed by atoms with E-state index < -0.39 is 0 Å². The second-order valence-electron chi connectivity index (χ2n) is 3.55. The lowest BCUT2D eigenvalue weighted by Gasteiger charge is -2.23. The first-order valence-corrected chi connectivity index (χ1v) is 5.09.